The lowest BCUT2D eigenvalue weighted by molar-refractivity contribution is 0.102. The Labute approximate surface area is 103 Å². The quantitative estimate of drug-likeness (QED) is 0.719. The molecule has 0 radical (unpaired) electrons. The molecule has 0 unspecified atom stereocenters. The lowest BCUT2D eigenvalue weighted by Gasteiger charge is -2.04. The number of fused-ring (bicyclic) bond motifs is 1. The highest BCUT2D eigenvalue weighted by Crippen LogP contribution is 2.15. The maximum Gasteiger partial charge on any atom is 0.257 e. The number of H-pyrrole nitrogens is 1. The number of aromatic amines is 1. The second kappa shape index (κ2) is 4.29. The highest BCUT2D eigenvalue weighted by atomic mass is 16.1. The molecule has 3 rings (SSSR count). The molecule has 0 atom stereocenters. The van der Waals surface area contributed by atoms with Crippen LogP contribution in [0.5, 0.6) is 0 Å². The summed E-state index contributed by atoms with van der Waals surface area (Å²) >= 11 is 0. The number of hydrogen-bond donors (Lipinski definition) is 2. The van der Waals surface area contributed by atoms with Crippen molar-refractivity contribution in [2.24, 2.45) is 0 Å². The Hall–Kier alpha value is -2.69. The molecule has 3 heterocycles. The maximum absolute atomic E-state index is 11.9. The van der Waals surface area contributed by atoms with Crippen LogP contribution in [0, 0.1) is 0 Å². The van der Waals surface area contributed by atoms with Crippen molar-refractivity contribution in [1.29, 1.82) is 0 Å². The Morgan fingerprint density at radius 1 is 1.28 bits per heavy atom. The largest absolute Gasteiger partial charge is 0.346 e. The molecule has 0 bridgehead atoms. The minimum absolute atomic E-state index is 0.195. The minimum atomic E-state index is -0.195. The molecule has 0 aromatic carbocycles. The molecule has 88 valence electrons. The van der Waals surface area contributed by atoms with E-state index in [0.29, 0.717) is 11.3 Å². The van der Waals surface area contributed by atoms with Gasteiger partial charge in [-0.25, -0.2) is 4.98 Å². The monoisotopic (exact) mass is 238 g/mol. The van der Waals surface area contributed by atoms with Crippen LogP contribution in [-0.2, 0) is 0 Å². The zero-order valence-corrected chi connectivity index (χ0v) is 9.42. The zero-order valence-electron chi connectivity index (χ0n) is 9.42. The molecule has 0 aliphatic carbocycles. The van der Waals surface area contributed by atoms with Gasteiger partial charge >= 0.3 is 0 Å². The fourth-order valence-electron chi connectivity index (χ4n) is 1.71. The Balaban J connectivity index is 1.86. The van der Waals surface area contributed by atoms with Crippen molar-refractivity contribution in [2.45, 2.75) is 0 Å². The molecule has 3 aromatic rings. The molecule has 18 heavy (non-hydrogen) atoms. The highest BCUT2D eigenvalue weighted by molar-refractivity contribution is 6.04. The fraction of sp³-hybridized carbons (Fsp3) is 0. The van der Waals surface area contributed by atoms with Gasteiger partial charge in [0.1, 0.15) is 5.65 Å². The molecule has 0 aliphatic rings. The van der Waals surface area contributed by atoms with Gasteiger partial charge < -0.3 is 10.3 Å². The number of nitrogens with zero attached hydrogens (tertiary/aromatic N) is 2. The number of hydrogen-bond acceptors (Lipinski definition) is 3. The number of rotatable bonds is 2. The number of nitrogens with one attached hydrogen (secondary N) is 2. The molecular weight excluding hydrogens is 228 g/mol. The standard InChI is InChI=1S/C13H10N4O/c18-13(10-2-1-4-14-7-10)17-11-6-9-3-5-15-12(9)16-8-11/h1-8H,(H,15,16)(H,17,18). The van der Waals surface area contributed by atoms with Crippen LogP contribution in [0.15, 0.2) is 49.1 Å². The van der Waals surface area contributed by atoms with Gasteiger partial charge in [-0.3, -0.25) is 9.78 Å². The third kappa shape index (κ3) is 1.93. The summed E-state index contributed by atoms with van der Waals surface area (Å²) in [6.45, 7) is 0. The van der Waals surface area contributed by atoms with E-state index < -0.39 is 0 Å². The summed E-state index contributed by atoms with van der Waals surface area (Å²) in [7, 11) is 0. The first-order chi connectivity index (χ1) is 8.83. The summed E-state index contributed by atoms with van der Waals surface area (Å²) in [5, 5.41) is 3.74. The lowest BCUT2D eigenvalue weighted by atomic mass is 10.2. The van der Waals surface area contributed by atoms with Crippen molar-refractivity contribution in [3.8, 4) is 0 Å². The van der Waals surface area contributed by atoms with Gasteiger partial charge in [-0.15, -0.1) is 0 Å². The summed E-state index contributed by atoms with van der Waals surface area (Å²) < 4.78 is 0. The second-order valence-electron chi connectivity index (χ2n) is 3.84. The smallest absolute Gasteiger partial charge is 0.257 e. The molecule has 0 aliphatic heterocycles. The highest BCUT2D eigenvalue weighted by Gasteiger charge is 2.06. The Morgan fingerprint density at radius 3 is 3.06 bits per heavy atom. The van der Waals surface area contributed by atoms with E-state index in [1.807, 2.05) is 18.3 Å². The van der Waals surface area contributed by atoms with E-state index in [4.69, 9.17) is 0 Å². The molecule has 0 fully saturated rings. The van der Waals surface area contributed by atoms with Crippen molar-refractivity contribution >= 4 is 22.6 Å². The van der Waals surface area contributed by atoms with Gasteiger partial charge in [-0.05, 0) is 24.3 Å². The molecule has 0 saturated carbocycles. The summed E-state index contributed by atoms with van der Waals surface area (Å²) in [6, 6.07) is 7.21. The predicted molar refractivity (Wildman–Crippen MR) is 68.3 cm³/mol. The molecule has 1 amide bonds. The average Bonchev–Trinajstić information content (AvgIpc) is 2.87. The predicted octanol–water partition coefficient (Wildman–Crippen LogP) is 2.21. The van der Waals surface area contributed by atoms with Crippen molar-refractivity contribution < 1.29 is 4.79 Å². The first-order valence-corrected chi connectivity index (χ1v) is 5.47. The van der Waals surface area contributed by atoms with E-state index in [0.717, 1.165) is 11.0 Å². The molecule has 0 saturated heterocycles. The third-order valence-corrected chi connectivity index (χ3v) is 2.58. The van der Waals surface area contributed by atoms with Crippen LogP contribution >= 0.6 is 0 Å². The summed E-state index contributed by atoms with van der Waals surface area (Å²) in [4.78, 5) is 23.0. The van der Waals surface area contributed by atoms with Crippen LogP contribution < -0.4 is 5.32 Å². The normalized spacial score (nSPS) is 10.4. The fourth-order valence-corrected chi connectivity index (χ4v) is 1.71. The van der Waals surface area contributed by atoms with Gasteiger partial charge in [0.15, 0.2) is 0 Å². The molecule has 3 aromatic heterocycles. The molecule has 2 N–H and O–H groups in total. The lowest BCUT2D eigenvalue weighted by Crippen LogP contribution is -2.12. The number of aromatic nitrogens is 3. The minimum Gasteiger partial charge on any atom is -0.346 e. The van der Waals surface area contributed by atoms with Crippen LogP contribution in [0.25, 0.3) is 11.0 Å². The number of carbonyl (C=O) groups excluding carboxylic acids is 1. The first kappa shape index (κ1) is 10.5. The van der Waals surface area contributed by atoms with Crippen molar-refractivity contribution in [3.05, 3.63) is 54.6 Å². The topological polar surface area (TPSA) is 70.7 Å². The van der Waals surface area contributed by atoms with Gasteiger partial charge in [-0.1, -0.05) is 0 Å². The van der Waals surface area contributed by atoms with Crippen LogP contribution in [0.1, 0.15) is 10.4 Å². The molecule has 5 nitrogen and oxygen atoms in total. The molecule has 5 heteroatoms. The van der Waals surface area contributed by atoms with Gasteiger partial charge in [0.05, 0.1) is 17.4 Å². The summed E-state index contributed by atoms with van der Waals surface area (Å²) in [5.74, 6) is -0.195. The van der Waals surface area contributed by atoms with E-state index in [9.17, 15) is 4.79 Å². The number of amides is 1. The van der Waals surface area contributed by atoms with E-state index in [-0.39, 0.29) is 5.91 Å². The van der Waals surface area contributed by atoms with Crippen molar-refractivity contribution in [3.63, 3.8) is 0 Å². The number of anilines is 1. The summed E-state index contributed by atoms with van der Waals surface area (Å²) in [5.41, 5.74) is 1.98. The summed E-state index contributed by atoms with van der Waals surface area (Å²) in [6.07, 6.45) is 6.58. The Bertz CT molecular complexity index is 690. The molecular formula is C13H10N4O. The second-order valence-corrected chi connectivity index (χ2v) is 3.84. The van der Waals surface area contributed by atoms with Gasteiger partial charge in [0.2, 0.25) is 0 Å². The first-order valence-electron chi connectivity index (χ1n) is 5.47. The maximum atomic E-state index is 11.9. The van der Waals surface area contributed by atoms with Crippen LogP contribution in [-0.4, -0.2) is 20.9 Å². The SMILES string of the molecule is O=C(Nc1cnc2[nH]ccc2c1)c1cccnc1. The van der Waals surface area contributed by atoms with Crippen molar-refractivity contribution in [1.82, 2.24) is 15.0 Å². The van der Waals surface area contributed by atoms with Crippen molar-refractivity contribution in [2.75, 3.05) is 5.32 Å². The van der Waals surface area contributed by atoms with E-state index in [1.165, 1.54) is 6.20 Å². The third-order valence-electron chi connectivity index (χ3n) is 2.58. The van der Waals surface area contributed by atoms with E-state index in [1.54, 1.807) is 24.5 Å². The number of pyridine rings is 2. The van der Waals surface area contributed by atoms with Crippen LogP contribution in [0.2, 0.25) is 0 Å². The Morgan fingerprint density at radius 2 is 2.22 bits per heavy atom. The zero-order chi connectivity index (χ0) is 12.4. The van der Waals surface area contributed by atoms with Crippen LogP contribution in [0.4, 0.5) is 5.69 Å². The van der Waals surface area contributed by atoms with Gasteiger partial charge in [0, 0.05) is 24.0 Å². The molecule has 0 spiro atoms. The van der Waals surface area contributed by atoms with Gasteiger partial charge in [0.25, 0.3) is 5.91 Å². The van der Waals surface area contributed by atoms with E-state index in [2.05, 4.69) is 20.3 Å². The van der Waals surface area contributed by atoms with Crippen LogP contribution in [0.3, 0.4) is 0 Å². The average molecular weight is 238 g/mol. The number of carbonyl (C=O) groups is 1. The van der Waals surface area contributed by atoms with E-state index >= 15 is 0 Å². The Kier molecular flexibility index (Phi) is 2.49. The van der Waals surface area contributed by atoms with Gasteiger partial charge in [-0.2, -0.15) is 0 Å².